The molecule has 1 aromatic heterocycles. The van der Waals surface area contributed by atoms with E-state index >= 15 is 0 Å². The van der Waals surface area contributed by atoms with Gasteiger partial charge in [0.2, 0.25) is 5.91 Å². The Hall–Kier alpha value is -1.81. The van der Waals surface area contributed by atoms with E-state index in [4.69, 9.17) is 11.6 Å². The average Bonchev–Trinajstić information content (AvgIpc) is 3.16. The van der Waals surface area contributed by atoms with Gasteiger partial charge in [0.1, 0.15) is 0 Å². The van der Waals surface area contributed by atoms with Gasteiger partial charge >= 0.3 is 0 Å². The SMILES string of the molecule is CC(C)N(C(=O)C1CC1c1cnn(C)c1)c1ccc(Cl)cc1. The monoisotopic (exact) mass is 317 g/mol. The van der Waals surface area contributed by atoms with Crippen molar-refractivity contribution in [2.45, 2.75) is 32.2 Å². The smallest absolute Gasteiger partial charge is 0.230 e. The number of aromatic nitrogens is 2. The van der Waals surface area contributed by atoms with Crippen LogP contribution >= 0.6 is 11.6 Å². The molecule has 1 fully saturated rings. The highest BCUT2D eigenvalue weighted by Gasteiger charge is 2.47. The number of nitrogens with zero attached hydrogens (tertiary/aromatic N) is 3. The lowest BCUT2D eigenvalue weighted by atomic mass is 10.1. The number of aryl methyl sites for hydroxylation is 1. The second-order valence-electron chi connectivity index (χ2n) is 6.17. The number of hydrogen-bond acceptors (Lipinski definition) is 2. The van der Waals surface area contributed by atoms with E-state index < -0.39 is 0 Å². The van der Waals surface area contributed by atoms with Gasteiger partial charge in [0.05, 0.1) is 6.20 Å². The summed E-state index contributed by atoms with van der Waals surface area (Å²) in [4.78, 5) is 14.8. The summed E-state index contributed by atoms with van der Waals surface area (Å²) >= 11 is 5.94. The summed E-state index contributed by atoms with van der Waals surface area (Å²) in [6, 6.07) is 7.57. The first kappa shape index (κ1) is 15.1. The van der Waals surface area contributed by atoms with Gasteiger partial charge in [0, 0.05) is 35.9 Å². The van der Waals surface area contributed by atoms with Crippen molar-refractivity contribution in [2.24, 2.45) is 13.0 Å². The molecule has 0 saturated heterocycles. The van der Waals surface area contributed by atoms with Gasteiger partial charge < -0.3 is 4.90 Å². The Kier molecular flexibility index (Phi) is 3.96. The minimum atomic E-state index is 0.0577. The first-order valence-electron chi connectivity index (χ1n) is 7.54. The fourth-order valence-electron chi connectivity index (χ4n) is 2.93. The minimum absolute atomic E-state index is 0.0577. The number of carbonyl (C=O) groups is 1. The van der Waals surface area contributed by atoms with Crippen LogP contribution in [0.5, 0.6) is 0 Å². The predicted molar refractivity (Wildman–Crippen MR) is 88.1 cm³/mol. The molecular weight excluding hydrogens is 298 g/mol. The maximum absolute atomic E-state index is 12.9. The van der Waals surface area contributed by atoms with Gasteiger partial charge in [-0.1, -0.05) is 11.6 Å². The molecule has 2 unspecified atom stereocenters. The molecule has 1 aliphatic carbocycles. The molecule has 22 heavy (non-hydrogen) atoms. The highest BCUT2D eigenvalue weighted by Crippen LogP contribution is 2.49. The molecule has 0 spiro atoms. The molecule has 0 N–H and O–H groups in total. The maximum Gasteiger partial charge on any atom is 0.230 e. The number of amides is 1. The molecule has 0 aliphatic heterocycles. The zero-order valence-corrected chi connectivity index (χ0v) is 13.8. The summed E-state index contributed by atoms with van der Waals surface area (Å²) in [6.07, 6.45) is 4.77. The van der Waals surface area contributed by atoms with E-state index in [1.807, 2.05) is 62.5 Å². The molecule has 5 heteroatoms. The molecule has 1 aliphatic rings. The van der Waals surface area contributed by atoms with Gasteiger partial charge in [-0.15, -0.1) is 0 Å². The van der Waals surface area contributed by atoms with Crippen molar-refractivity contribution in [2.75, 3.05) is 4.90 Å². The molecule has 116 valence electrons. The lowest BCUT2D eigenvalue weighted by Gasteiger charge is -2.27. The van der Waals surface area contributed by atoms with Crippen LogP contribution in [0.1, 0.15) is 31.7 Å². The van der Waals surface area contributed by atoms with Crippen molar-refractivity contribution in [1.82, 2.24) is 9.78 Å². The summed E-state index contributed by atoms with van der Waals surface area (Å²) in [7, 11) is 1.90. The zero-order valence-electron chi connectivity index (χ0n) is 13.0. The summed E-state index contributed by atoms with van der Waals surface area (Å²) in [5.41, 5.74) is 2.06. The van der Waals surface area contributed by atoms with Crippen LogP contribution in [0.25, 0.3) is 0 Å². The van der Waals surface area contributed by atoms with E-state index in [0.717, 1.165) is 17.7 Å². The Morgan fingerprint density at radius 2 is 2.05 bits per heavy atom. The number of anilines is 1. The minimum Gasteiger partial charge on any atom is -0.310 e. The molecule has 1 saturated carbocycles. The average molecular weight is 318 g/mol. The van der Waals surface area contributed by atoms with E-state index in [9.17, 15) is 4.79 Å². The van der Waals surface area contributed by atoms with Crippen LogP contribution in [-0.4, -0.2) is 21.7 Å². The zero-order chi connectivity index (χ0) is 15.9. The summed E-state index contributed by atoms with van der Waals surface area (Å²) < 4.78 is 1.79. The third-order valence-corrected chi connectivity index (χ3v) is 4.37. The number of halogens is 1. The normalized spacial score (nSPS) is 20.2. The van der Waals surface area contributed by atoms with Gasteiger partial charge in [-0.2, -0.15) is 5.10 Å². The lowest BCUT2D eigenvalue weighted by molar-refractivity contribution is -0.120. The van der Waals surface area contributed by atoms with Crippen LogP contribution in [0.4, 0.5) is 5.69 Å². The maximum atomic E-state index is 12.9. The fraction of sp³-hybridized carbons (Fsp3) is 0.412. The van der Waals surface area contributed by atoms with Crippen molar-refractivity contribution >= 4 is 23.2 Å². The summed E-state index contributed by atoms with van der Waals surface area (Å²) in [5, 5.41) is 4.88. The first-order chi connectivity index (χ1) is 10.5. The number of carbonyl (C=O) groups excluding carboxylic acids is 1. The Morgan fingerprint density at radius 3 is 2.59 bits per heavy atom. The van der Waals surface area contributed by atoms with Gasteiger partial charge in [-0.3, -0.25) is 9.48 Å². The molecular formula is C17H20ClN3O. The van der Waals surface area contributed by atoms with Crippen LogP contribution in [0.2, 0.25) is 5.02 Å². The van der Waals surface area contributed by atoms with E-state index in [0.29, 0.717) is 10.9 Å². The van der Waals surface area contributed by atoms with Crippen molar-refractivity contribution < 1.29 is 4.79 Å². The van der Waals surface area contributed by atoms with Crippen LogP contribution in [0.3, 0.4) is 0 Å². The van der Waals surface area contributed by atoms with Gasteiger partial charge in [-0.25, -0.2) is 0 Å². The topological polar surface area (TPSA) is 38.1 Å². The number of benzene rings is 1. The van der Waals surface area contributed by atoms with Crippen molar-refractivity contribution in [3.8, 4) is 0 Å². The van der Waals surface area contributed by atoms with Crippen molar-refractivity contribution in [1.29, 1.82) is 0 Å². The molecule has 1 amide bonds. The summed E-state index contributed by atoms with van der Waals surface area (Å²) in [6.45, 7) is 4.07. The third kappa shape index (κ3) is 2.88. The Bertz CT molecular complexity index is 677. The van der Waals surface area contributed by atoms with E-state index in [1.165, 1.54) is 0 Å². The predicted octanol–water partition coefficient (Wildman–Crippen LogP) is 3.62. The van der Waals surface area contributed by atoms with Gasteiger partial charge in [0.25, 0.3) is 0 Å². The Balaban J connectivity index is 1.78. The molecule has 1 aromatic carbocycles. The largest absolute Gasteiger partial charge is 0.310 e. The molecule has 0 bridgehead atoms. The number of rotatable bonds is 4. The second-order valence-corrected chi connectivity index (χ2v) is 6.61. The lowest BCUT2D eigenvalue weighted by Crippen LogP contribution is -2.38. The van der Waals surface area contributed by atoms with Crippen LogP contribution in [0.15, 0.2) is 36.7 Å². The van der Waals surface area contributed by atoms with Crippen LogP contribution < -0.4 is 4.90 Å². The van der Waals surface area contributed by atoms with Crippen LogP contribution in [-0.2, 0) is 11.8 Å². The molecule has 0 radical (unpaired) electrons. The summed E-state index contributed by atoms with van der Waals surface area (Å²) in [5.74, 6) is 0.545. The fourth-order valence-corrected chi connectivity index (χ4v) is 3.05. The van der Waals surface area contributed by atoms with E-state index in [2.05, 4.69) is 5.10 Å². The van der Waals surface area contributed by atoms with Gasteiger partial charge in [0.15, 0.2) is 0 Å². The van der Waals surface area contributed by atoms with Gasteiger partial charge in [-0.05, 0) is 56.0 Å². The standard InChI is InChI=1S/C17H20ClN3O/c1-11(2)21(14-6-4-13(18)5-7-14)17(22)16-8-15(16)12-9-19-20(3)10-12/h4-7,9-11,15-16H,8H2,1-3H3. The third-order valence-electron chi connectivity index (χ3n) is 4.12. The van der Waals surface area contributed by atoms with E-state index in [-0.39, 0.29) is 17.9 Å². The van der Waals surface area contributed by atoms with Crippen molar-refractivity contribution in [3.05, 3.63) is 47.2 Å². The Morgan fingerprint density at radius 1 is 1.36 bits per heavy atom. The highest BCUT2D eigenvalue weighted by molar-refractivity contribution is 6.30. The van der Waals surface area contributed by atoms with Crippen molar-refractivity contribution in [3.63, 3.8) is 0 Å². The molecule has 2 atom stereocenters. The van der Waals surface area contributed by atoms with Crippen LogP contribution in [0, 0.1) is 5.92 Å². The molecule has 1 heterocycles. The first-order valence-corrected chi connectivity index (χ1v) is 7.92. The quantitative estimate of drug-likeness (QED) is 0.864. The highest BCUT2D eigenvalue weighted by atomic mass is 35.5. The number of hydrogen-bond donors (Lipinski definition) is 0. The molecule has 2 aromatic rings. The second kappa shape index (κ2) is 5.76. The van der Waals surface area contributed by atoms with E-state index in [1.54, 1.807) is 4.68 Å². The Labute approximate surface area is 135 Å². The molecule has 3 rings (SSSR count). The molecule has 4 nitrogen and oxygen atoms in total.